The molecular weight excluding hydrogens is 382 g/mol. The first-order valence-corrected chi connectivity index (χ1v) is 9.15. The molecule has 0 bridgehead atoms. The number of rotatable bonds is 6. The van der Waals surface area contributed by atoms with Gasteiger partial charge in [-0.15, -0.1) is 0 Å². The summed E-state index contributed by atoms with van der Waals surface area (Å²) in [6.07, 6.45) is 0. The summed E-state index contributed by atoms with van der Waals surface area (Å²) < 4.78 is 16.2. The van der Waals surface area contributed by atoms with E-state index in [0.29, 0.717) is 41.3 Å². The molecule has 28 heavy (non-hydrogen) atoms. The van der Waals surface area contributed by atoms with Gasteiger partial charge in [-0.1, -0.05) is 28.9 Å². The lowest BCUT2D eigenvalue weighted by Crippen LogP contribution is -2.50. The predicted molar refractivity (Wildman–Crippen MR) is 103 cm³/mol. The summed E-state index contributed by atoms with van der Waals surface area (Å²) in [7, 11) is 1.60. The molecule has 1 aliphatic rings. The number of carbonyl (C=O) groups is 1. The first-order chi connectivity index (χ1) is 13.6. The third kappa shape index (κ3) is 3.80. The Balaban J connectivity index is 1.32. The van der Waals surface area contributed by atoms with E-state index < -0.39 is 0 Å². The summed E-state index contributed by atoms with van der Waals surface area (Å²) in [6, 6.07) is 14.4. The molecule has 0 atom stereocenters. The Kier molecular flexibility index (Phi) is 5.16. The number of halogens is 1. The highest BCUT2D eigenvalue weighted by Crippen LogP contribution is 2.31. The van der Waals surface area contributed by atoms with Gasteiger partial charge in [-0.25, -0.2) is 0 Å². The number of likely N-dealkylation sites (tertiary alicyclic amines) is 1. The van der Waals surface area contributed by atoms with Gasteiger partial charge >= 0.3 is 0 Å². The highest BCUT2D eigenvalue weighted by atomic mass is 35.5. The molecule has 0 saturated carbocycles. The van der Waals surface area contributed by atoms with E-state index in [1.165, 1.54) is 0 Å². The Bertz CT molecular complexity index is 968. The van der Waals surface area contributed by atoms with E-state index in [9.17, 15) is 4.79 Å². The predicted octanol–water partition coefficient (Wildman–Crippen LogP) is 3.40. The molecule has 4 rings (SSSR count). The number of nitrogens with zero attached hydrogens (tertiary/aromatic N) is 3. The van der Waals surface area contributed by atoms with E-state index in [2.05, 4.69) is 10.1 Å². The fraction of sp³-hybridized carbons (Fsp3) is 0.250. The van der Waals surface area contributed by atoms with Crippen LogP contribution in [0.2, 0.25) is 5.02 Å². The number of para-hydroxylation sites is 1. The summed E-state index contributed by atoms with van der Waals surface area (Å²) in [5, 5.41) is 4.67. The first kappa shape index (κ1) is 18.3. The minimum atomic E-state index is -0.0873. The molecule has 7 nitrogen and oxygen atoms in total. The molecular formula is C20H18ClN3O4. The third-order valence-corrected chi connectivity index (χ3v) is 4.80. The van der Waals surface area contributed by atoms with E-state index in [-0.39, 0.29) is 18.4 Å². The number of carbonyl (C=O) groups excluding carboxylic acids is 1. The van der Waals surface area contributed by atoms with Gasteiger partial charge in [0.25, 0.3) is 5.91 Å². The molecule has 1 saturated heterocycles. The van der Waals surface area contributed by atoms with Crippen LogP contribution in [0.15, 0.2) is 53.1 Å². The summed E-state index contributed by atoms with van der Waals surface area (Å²) >= 11 is 5.83. The van der Waals surface area contributed by atoms with E-state index in [4.69, 9.17) is 25.6 Å². The van der Waals surface area contributed by atoms with Crippen LogP contribution in [-0.4, -0.2) is 47.8 Å². The number of aromatic nitrogens is 2. The van der Waals surface area contributed by atoms with Gasteiger partial charge < -0.3 is 18.9 Å². The standard InChI is InChI=1S/C20H18ClN3O4/c1-26-17-5-3-2-4-16(17)19-22-20(28-23-19)13-10-24(11-13)18(25)12-27-15-8-6-14(21)7-9-15/h2-9,13H,10-12H2,1H3. The van der Waals surface area contributed by atoms with Crippen molar-refractivity contribution in [2.24, 2.45) is 0 Å². The highest BCUT2D eigenvalue weighted by molar-refractivity contribution is 6.30. The Morgan fingerprint density at radius 3 is 2.71 bits per heavy atom. The summed E-state index contributed by atoms with van der Waals surface area (Å²) in [5.74, 6) is 2.21. The van der Waals surface area contributed by atoms with Crippen molar-refractivity contribution in [1.29, 1.82) is 0 Å². The minimum absolute atomic E-state index is 0.0232. The van der Waals surface area contributed by atoms with Crippen molar-refractivity contribution in [2.45, 2.75) is 5.92 Å². The minimum Gasteiger partial charge on any atom is -0.496 e. The molecule has 144 valence electrons. The fourth-order valence-corrected chi connectivity index (χ4v) is 3.07. The van der Waals surface area contributed by atoms with Gasteiger partial charge in [0, 0.05) is 18.1 Å². The van der Waals surface area contributed by atoms with E-state index >= 15 is 0 Å². The van der Waals surface area contributed by atoms with Crippen LogP contribution in [-0.2, 0) is 4.79 Å². The van der Waals surface area contributed by atoms with Gasteiger partial charge in [-0.3, -0.25) is 4.79 Å². The zero-order chi connectivity index (χ0) is 19.5. The Morgan fingerprint density at radius 2 is 1.96 bits per heavy atom. The summed E-state index contributed by atoms with van der Waals surface area (Å²) in [6.45, 7) is 1.03. The molecule has 0 radical (unpaired) electrons. The normalized spacial score (nSPS) is 13.9. The maximum Gasteiger partial charge on any atom is 0.260 e. The average Bonchev–Trinajstić information content (AvgIpc) is 3.16. The van der Waals surface area contributed by atoms with Crippen LogP contribution in [0.25, 0.3) is 11.4 Å². The SMILES string of the molecule is COc1ccccc1-c1noc(C2CN(C(=O)COc3ccc(Cl)cc3)C2)n1. The van der Waals surface area contributed by atoms with Crippen LogP contribution in [0.1, 0.15) is 11.8 Å². The molecule has 0 spiro atoms. The van der Waals surface area contributed by atoms with Crippen LogP contribution in [0, 0.1) is 0 Å². The van der Waals surface area contributed by atoms with Crippen LogP contribution in [0.4, 0.5) is 0 Å². The van der Waals surface area contributed by atoms with E-state index in [0.717, 1.165) is 5.56 Å². The molecule has 0 aliphatic carbocycles. The molecule has 1 aliphatic heterocycles. The Morgan fingerprint density at radius 1 is 1.21 bits per heavy atom. The van der Waals surface area contributed by atoms with Crippen molar-refractivity contribution >= 4 is 17.5 Å². The monoisotopic (exact) mass is 399 g/mol. The molecule has 0 N–H and O–H groups in total. The fourth-order valence-electron chi connectivity index (χ4n) is 2.95. The zero-order valence-electron chi connectivity index (χ0n) is 15.2. The average molecular weight is 400 g/mol. The van der Waals surface area contributed by atoms with Gasteiger partial charge in [-0.2, -0.15) is 4.98 Å². The lowest BCUT2D eigenvalue weighted by atomic mass is 10.0. The van der Waals surface area contributed by atoms with Gasteiger partial charge in [-0.05, 0) is 36.4 Å². The molecule has 8 heteroatoms. The molecule has 2 heterocycles. The Hall–Kier alpha value is -3.06. The summed E-state index contributed by atoms with van der Waals surface area (Å²) in [5.41, 5.74) is 0.767. The van der Waals surface area contributed by atoms with Crippen LogP contribution in [0.5, 0.6) is 11.5 Å². The van der Waals surface area contributed by atoms with Crippen molar-refractivity contribution < 1.29 is 18.8 Å². The van der Waals surface area contributed by atoms with Crippen LogP contribution < -0.4 is 9.47 Å². The van der Waals surface area contributed by atoms with Gasteiger partial charge in [0.1, 0.15) is 11.5 Å². The van der Waals surface area contributed by atoms with Crippen molar-refractivity contribution in [2.75, 3.05) is 26.8 Å². The number of methoxy groups -OCH3 is 1. The molecule has 0 unspecified atom stereocenters. The molecule has 3 aromatic rings. The molecule has 1 fully saturated rings. The molecule has 1 aromatic heterocycles. The summed E-state index contributed by atoms with van der Waals surface area (Å²) in [4.78, 5) is 18.4. The lowest BCUT2D eigenvalue weighted by Gasteiger charge is -2.36. The number of ether oxygens (including phenoxy) is 2. The second-order valence-corrected chi connectivity index (χ2v) is 6.83. The molecule has 1 amide bonds. The van der Waals surface area contributed by atoms with Crippen LogP contribution >= 0.6 is 11.6 Å². The quantitative estimate of drug-likeness (QED) is 0.632. The van der Waals surface area contributed by atoms with Crippen molar-refractivity contribution in [1.82, 2.24) is 15.0 Å². The van der Waals surface area contributed by atoms with E-state index in [1.807, 2.05) is 24.3 Å². The second kappa shape index (κ2) is 7.90. The first-order valence-electron chi connectivity index (χ1n) is 8.77. The zero-order valence-corrected chi connectivity index (χ0v) is 15.9. The van der Waals surface area contributed by atoms with Gasteiger partial charge in [0.15, 0.2) is 6.61 Å². The number of hydrogen-bond donors (Lipinski definition) is 0. The van der Waals surface area contributed by atoms with E-state index in [1.54, 1.807) is 36.3 Å². The lowest BCUT2D eigenvalue weighted by molar-refractivity contribution is -0.138. The van der Waals surface area contributed by atoms with Gasteiger partial charge in [0.05, 0.1) is 18.6 Å². The largest absolute Gasteiger partial charge is 0.496 e. The Labute approximate surface area is 166 Å². The topological polar surface area (TPSA) is 77.7 Å². The maximum absolute atomic E-state index is 12.2. The van der Waals surface area contributed by atoms with Crippen molar-refractivity contribution in [3.8, 4) is 22.9 Å². The number of amides is 1. The van der Waals surface area contributed by atoms with Crippen molar-refractivity contribution in [3.63, 3.8) is 0 Å². The highest BCUT2D eigenvalue weighted by Gasteiger charge is 2.35. The van der Waals surface area contributed by atoms with Crippen molar-refractivity contribution in [3.05, 3.63) is 59.4 Å². The third-order valence-electron chi connectivity index (χ3n) is 4.55. The van der Waals surface area contributed by atoms with Gasteiger partial charge in [0.2, 0.25) is 11.7 Å². The smallest absolute Gasteiger partial charge is 0.260 e. The number of hydrogen-bond acceptors (Lipinski definition) is 6. The second-order valence-electron chi connectivity index (χ2n) is 6.39. The van der Waals surface area contributed by atoms with Crippen LogP contribution in [0.3, 0.4) is 0 Å². The maximum atomic E-state index is 12.2. The molecule has 2 aromatic carbocycles. The number of benzene rings is 2.